The van der Waals surface area contributed by atoms with Crippen LogP contribution >= 0.6 is 0 Å². The lowest BCUT2D eigenvalue weighted by molar-refractivity contribution is -0.165. The summed E-state index contributed by atoms with van der Waals surface area (Å²) in [6.45, 7) is 7.17. The van der Waals surface area contributed by atoms with Crippen LogP contribution in [0, 0.1) is 35.0 Å². The maximum atomic E-state index is 11.9. The van der Waals surface area contributed by atoms with Gasteiger partial charge in [0.25, 0.3) is 0 Å². The molecule has 0 aromatic heterocycles. The zero-order chi connectivity index (χ0) is 37.2. The summed E-state index contributed by atoms with van der Waals surface area (Å²) < 4.78 is 33.1. The van der Waals surface area contributed by atoms with Crippen LogP contribution in [0.4, 0.5) is 0 Å². The van der Waals surface area contributed by atoms with E-state index < -0.39 is 22.7 Å². The number of phenols is 1. The van der Waals surface area contributed by atoms with Crippen LogP contribution in [0.25, 0.3) is 0 Å². The molecular formula is C41H56N2O9. The van der Waals surface area contributed by atoms with Gasteiger partial charge < -0.3 is 38.6 Å². The molecule has 6 unspecified atom stereocenters. The second kappa shape index (κ2) is 18.3. The van der Waals surface area contributed by atoms with Crippen LogP contribution in [0.5, 0.6) is 5.75 Å². The molecule has 4 fully saturated rings. The van der Waals surface area contributed by atoms with E-state index in [4.69, 9.17) is 33.5 Å². The van der Waals surface area contributed by atoms with Crippen LogP contribution in [0.3, 0.4) is 0 Å². The number of phenolic OH excluding ortho intramolecular Hbond substituents is 1. The summed E-state index contributed by atoms with van der Waals surface area (Å²) in [5.41, 5.74) is 2.81. The number of aliphatic hydroxyl groups is 1. The van der Waals surface area contributed by atoms with Gasteiger partial charge >= 0.3 is 0 Å². The summed E-state index contributed by atoms with van der Waals surface area (Å²) in [6.07, 6.45) is 15.6. The van der Waals surface area contributed by atoms with E-state index in [1.807, 2.05) is 19.1 Å². The van der Waals surface area contributed by atoms with Crippen molar-refractivity contribution in [3.63, 3.8) is 0 Å². The summed E-state index contributed by atoms with van der Waals surface area (Å²) in [4.78, 5) is 11.9. The zero-order valence-electron chi connectivity index (χ0n) is 31.1. The van der Waals surface area contributed by atoms with Gasteiger partial charge in [-0.1, -0.05) is 6.07 Å². The number of methoxy groups -OCH3 is 1. The molecule has 0 radical (unpaired) electrons. The topological polar surface area (TPSA) is 160 Å². The van der Waals surface area contributed by atoms with Gasteiger partial charge in [-0.15, -0.1) is 0 Å². The average Bonchev–Trinajstić information content (AvgIpc) is 3.65. The summed E-state index contributed by atoms with van der Waals surface area (Å²) in [5, 5.41) is 37.7. The minimum Gasteiger partial charge on any atom is -0.508 e. The lowest BCUT2D eigenvalue weighted by atomic mass is 9.50. The SMILES string of the molecule is COC12C=C(C)C(=O)C=C1CC2(C#N)CCCOC1CCCCO1.Cc1cc2c(cc1O)CC2(C#N)CCCOC1CCCCO1.OC1CCCO1. The van der Waals surface area contributed by atoms with E-state index >= 15 is 0 Å². The second-order valence-electron chi connectivity index (χ2n) is 14.8. The highest BCUT2D eigenvalue weighted by Crippen LogP contribution is 2.60. The molecule has 6 aliphatic rings. The number of ether oxygens (including phenoxy) is 6. The molecule has 2 N–H and O–H groups in total. The fourth-order valence-electron chi connectivity index (χ4n) is 8.11. The van der Waals surface area contributed by atoms with Gasteiger partial charge in [0.1, 0.15) is 11.4 Å². The quantitative estimate of drug-likeness (QED) is 0.240. The van der Waals surface area contributed by atoms with E-state index in [1.54, 1.807) is 26.2 Å². The molecule has 52 heavy (non-hydrogen) atoms. The third-order valence-electron chi connectivity index (χ3n) is 11.3. The van der Waals surface area contributed by atoms with Gasteiger partial charge in [-0.3, -0.25) is 4.79 Å². The van der Waals surface area contributed by atoms with Gasteiger partial charge in [0.2, 0.25) is 0 Å². The first-order valence-electron chi connectivity index (χ1n) is 19.0. The van der Waals surface area contributed by atoms with Crippen molar-refractivity contribution in [2.24, 2.45) is 5.41 Å². The Morgan fingerprint density at radius 2 is 1.52 bits per heavy atom. The molecule has 6 atom stereocenters. The van der Waals surface area contributed by atoms with Gasteiger partial charge in [0, 0.05) is 46.6 Å². The summed E-state index contributed by atoms with van der Waals surface area (Å²) >= 11 is 0. The molecule has 0 bridgehead atoms. The number of carbonyl (C=O) groups is 1. The number of hydrogen-bond acceptors (Lipinski definition) is 11. The van der Waals surface area contributed by atoms with Gasteiger partial charge in [0.05, 0.1) is 23.0 Å². The van der Waals surface area contributed by atoms with Gasteiger partial charge in [-0.2, -0.15) is 10.5 Å². The number of nitriles is 2. The van der Waals surface area contributed by atoms with E-state index in [0.29, 0.717) is 37.4 Å². The van der Waals surface area contributed by atoms with Crippen molar-refractivity contribution < 1.29 is 43.4 Å². The van der Waals surface area contributed by atoms with Crippen molar-refractivity contribution in [1.29, 1.82) is 10.5 Å². The molecule has 1 aromatic rings. The number of allylic oxidation sites excluding steroid dienone is 2. The van der Waals surface area contributed by atoms with Crippen molar-refractivity contribution in [1.82, 2.24) is 0 Å². The Morgan fingerprint density at radius 1 is 0.865 bits per heavy atom. The summed E-state index contributed by atoms with van der Waals surface area (Å²) in [6, 6.07) is 8.72. The number of aromatic hydroxyl groups is 1. The standard InChI is InChI=1S/C19H25NO4.C18H23NO3.C4H8O2/c1-14-11-19(22-2)15(10-16(14)21)12-18(19,13-20)7-5-9-24-17-6-3-4-8-23-17;1-13-9-15-14(10-16(13)20)11-18(15,12-19)6-4-8-22-17-5-2-3-7-21-17;5-4-2-1-3-6-4/h10-11,17H,3-9,12H2,1-2H3;9-10,17,20H,2-8,11H2,1H3;4-5H,1-3H2. The monoisotopic (exact) mass is 720 g/mol. The third kappa shape index (κ3) is 8.97. The predicted molar refractivity (Wildman–Crippen MR) is 192 cm³/mol. The Kier molecular flexibility index (Phi) is 14.1. The number of ketones is 1. The minimum absolute atomic E-state index is 0.0157. The van der Waals surface area contributed by atoms with E-state index in [0.717, 1.165) is 113 Å². The molecular weight excluding hydrogens is 664 g/mol. The number of aryl methyl sites for hydroxylation is 1. The first-order chi connectivity index (χ1) is 25.1. The molecule has 3 heterocycles. The second-order valence-corrected chi connectivity index (χ2v) is 14.8. The van der Waals surface area contributed by atoms with Crippen molar-refractivity contribution in [2.45, 2.75) is 134 Å². The maximum Gasteiger partial charge on any atom is 0.181 e. The molecule has 3 aliphatic carbocycles. The maximum absolute atomic E-state index is 11.9. The molecule has 11 heteroatoms. The van der Waals surface area contributed by atoms with E-state index in [1.165, 1.54) is 6.42 Å². The molecule has 1 aromatic carbocycles. The summed E-state index contributed by atoms with van der Waals surface area (Å²) in [5.74, 6) is 0.338. The number of rotatable bonds is 11. The van der Waals surface area contributed by atoms with Gasteiger partial charge in [-0.05, 0) is 143 Å². The Balaban J connectivity index is 0.000000174. The molecule has 1 saturated carbocycles. The van der Waals surface area contributed by atoms with Gasteiger partial charge in [0.15, 0.2) is 24.7 Å². The first-order valence-corrected chi connectivity index (χ1v) is 19.0. The highest BCUT2D eigenvalue weighted by molar-refractivity contribution is 6.06. The van der Waals surface area contributed by atoms with Crippen LogP contribution < -0.4 is 0 Å². The number of nitrogens with zero attached hydrogens (tertiary/aromatic N) is 2. The lowest BCUT2D eigenvalue weighted by Gasteiger charge is -2.56. The van der Waals surface area contributed by atoms with Crippen molar-refractivity contribution >= 4 is 5.78 Å². The van der Waals surface area contributed by atoms with Crippen LogP contribution in [0.2, 0.25) is 0 Å². The van der Waals surface area contributed by atoms with Crippen molar-refractivity contribution in [3.8, 4) is 17.9 Å². The highest BCUT2D eigenvalue weighted by Gasteiger charge is 2.63. The molecule has 11 nitrogen and oxygen atoms in total. The van der Waals surface area contributed by atoms with Crippen molar-refractivity contribution in [3.05, 3.63) is 52.1 Å². The highest BCUT2D eigenvalue weighted by atomic mass is 16.7. The Hall–Kier alpha value is -3.13. The third-order valence-corrected chi connectivity index (χ3v) is 11.3. The smallest absolute Gasteiger partial charge is 0.181 e. The van der Waals surface area contributed by atoms with Crippen LogP contribution in [-0.2, 0) is 45.1 Å². The Bertz CT molecular complexity index is 1530. The van der Waals surface area contributed by atoms with Crippen LogP contribution in [0.1, 0.15) is 107 Å². The normalized spacial score (nSPS) is 31.7. The molecule has 0 amide bonds. The van der Waals surface area contributed by atoms with E-state index in [-0.39, 0.29) is 18.4 Å². The van der Waals surface area contributed by atoms with E-state index in [9.17, 15) is 20.4 Å². The largest absolute Gasteiger partial charge is 0.508 e. The molecule has 3 aliphatic heterocycles. The number of carbonyl (C=O) groups excluding carboxylic acids is 1. The lowest BCUT2D eigenvalue weighted by Crippen LogP contribution is -2.60. The molecule has 284 valence electrons. The van der Waals surface area contributed by atoms with Crippen molar-refractivity contribution in [2.75, 3.05) is 40.1 Å². The minimum atomic E-state index is -0.749. The number of hydrogen-bond donors (Lipinski definition) is 2. The predicted octanol–water partition coefficient (Wildman–Crippen LogP) is 6.52. The van der Waals surface area contributed by atoms with Crippen LogP contribution in [-0.4, -0.2) is 80.6 Å². The number of benzene rings is 1. The number of aliphatic hydroxyl groups excluding tert-OH is 1. The fraction of sp³-hybridized carbons (Fsp3) is 0.683. The zero-order valence-corrected chi connectivity index (χ0v) is 31.1. The first kappa shape index (κ1) is 40.1. The van der Waals surface area contributed by atoms with Gasteiger partial charge in [-0.25, -0.2) is 0 Å². The molecule has 0 spiro atoms. The molecule has 7 rings (SSSR count). The average molecular weight is 721 g/mol. The Labute approximate surface area is 308 Å². The number of fused-ring (bicyclic) bond motifs is 2. The molecule has 3 saturated heterocycles. The summed E-state index contributed by atoms with van der Waals surface area (Å²) in [7, 11) is 1.62. The van der Waals surface area contributed by atoms with Crippen LogP contribution in [0.15, 0.2) is 35.4 Å². The Morgan fingerprint density at radius 3 is 2.04 bits per heavy atom. The fourth-order valence-corrected chi connectivity index (χ4v) is 8.11. The van der Waals surface area contributed by atoms with E-state index in [2.05, 4.69) is 12.1 Å².